The van der Waals surface area contributed by atoms with E-state index in [9.17, 15) is 18.0 Å². The summed E-state index contributed by atoms with van der Waals surface area (Å²) in [5, 5.41) is 10.9. The van der Waals surface area contributed by atoms with Gasteiger partial charge in [-0.2, -0.15) is 13.2 Å². The first kappa shape index (κ1) is 23.4. The second kappa shape index (κ2) is 9.62. The predicted octanol–water partition coefficient (Wildman–Crippen LogP) is 5.18. The quantitative estimate of drug-likeness (QED) is 0.546. The van der Waals surface area contributed by atoms with Crippen molar-refractivity contribution in [3.8, 4) is 23.0 Å². The number of benzene rings is 2. The molecule has 1 aliphatic rings. The molecule has 2 heterocycles. The van der Waals surface area contributed by atoms with Gasteiger partial charge in [0.05, 0.1) is 25.7 Å². The number of nitrogens with zero attached hydrogens (tertiary/aromatic N) is 3. The van der Waals surface area contributed by atoms with Crippen molar-refractivity contribution in [3.05, 3.63) is 53.9 Å². The maximum absolute atomic E-state index is 12.9. The molecule has 1 atom stereocenters. The molecule has 4 rings (SSSR count). The van der Waals surface area contributed by atoms with Gasteiger partial charge in [-0.1, -0.05) is 0 Å². The lowest BCUT2D eigenvalue weighted by Gasteiger charge is -2.31. The number of halogens is 3. The number of carbonyl (C=O) groups excluding carboxylic acids is 1. The number of amides is 2. The molecule has 1 N–H and O–H groups in total. The summed E-state index contributed by atoms with van der Waals surface area (Å²) in [6.07, 6.45) is -2.94. The Kier molecular flexibility index (Phi) is 6.62. The van der Waals surface area contributed by atoms with Crippen LogP contribution in [0.2, 0.25) is 0 Å². The minimum absolute atomic E-state index is 0.133. The average Bonchev–Trinajstić information content (AvgIpc) is 3.34. The fraction of sp³-hybridized carbons (Fsp3) is 0.348. The van der Waals surface area contributed by atoms with Crippen LogP contribution < -0.4 is 14.8 Å². The summed E-state index contributed by atoms with van der Waals surface area (Å²) in [7, 11) is 3.05. The van der Waals surface area contributed by atoms with Crippen molar-refractivity contribution < 1.29 is 31.9 Å². The van der Waals surface area contributed by atoms with Gasteiger partial charge < -0.3 is 24.1 Å². The Bertz CT molecular complexity index is 1130. The number of ether oxygens (including phenoxy) is 2. The minimum Gasteiger partial charge on any atom is -0.497 e. The zero-order valence-corrected chi connectivity index (χ0v) is 18.6. The Morgan fingerprint density at radius 1 is 1.09 bits per heavy atom. The molecular weight excluding hydrogens is 453 g/mol. The van der Waals surface area contributed by atoms with Gasteiger partial charge in [-0.25, -0.2) is 4.79 Å². The molecule has 180 valence electrons. The van der Waals surface area contributed by atoms with Gasteiger partial charge in [0, 0.05) is 42.5 Å². The third-order valence-corrected chi connectivity index (χ3v) is 5.56. The molecule has 11 heteroatoms. The van der Waals surface area contributed by atoms with E-state index in [1.807, 2.05) is 0 Å². The van der Waals surface area contributed by atoms with Crippen LogP contribution in [0, 0.1) is 0 Å². The number of likely N-dealkylation sites (tertiary alicyclic amines) is 1. The molecule has 1 fully saturated rings. The van der Waals surface area contributed by atoms with Gasteiger partial charge in [0.25, 0.3) is 0 Å². The molecular formula is C23H23F3N4O4. The molecule has 1 saturated heterocycles. The monoisotopic (exact) mass is 476 g/mol. The molecule has 0 saturated carbocycles. The Morgan fingerprint density at radius 3 is 2.38 bits per heavy atom. The molecule has 0 aliphatic carbocycles. The topological polar surface area (TPSA) is 89.7 Å². The van der Waals surface area contributed by atoms with Crippen molar-refractivity contribution in [2.45, 2.75) is 24.9 Å². The van der Waals surface area contributed by atoms with E-state index in [-0.39, 0.29) is 17.8 Å². The van der Waals surface area contributed by atoms with Crippen LogP contribution in [0.25, 0.3) is 11.5 Å². The van der Waals surface area contributed by atoms with Gasteiger partial charge in [0.1, 0.15) is 11.5 Å². The van der Waals surface area contributed by atoms with Crippen LogP contribution in [0.3, 0.4) is 0 Å². The molecule has 1 aliphatic heterocycles. The lowest BCUT2D eigenvalue weighted by Crippen LogP contribution is -2.41. The predicted molar refractivity (Wildman–Crippen MR) is 117 cm³/mol. The van der Waals surface area contributed by atoms with Crippen LogP contribution in [-0.2, 0) is 6.18 Å². The lowest BCUT2D eigenvalue weighted by molar-refractivity contribution is -0.137. The van der Waals surface area contributed by atoms with Crippen molar-refractivity contribution in [2.75, 3.05) is 32.6 Å². The van der Waals surface area contributed by atoms with E-state index in [4.69, 9.17) is 13.9 Å². The first-order valence-corrected chi connectivity index (χ1v) is 10.6. The summed E-state index contributed by atoms with van der Waals surface area (Å²) in [5.74, 6) is 1.39. The molecule has 8 nitrogen and oxygen atoms in total. The number of nitrogens with one attached hydrogen (secondary N) is 1. The number of alkyl halides is 3. The zero-order chi connectivity index (χ0) is 24.3. The number of carbonyl (C=O) groups is 1. The number of aromatic nitrogens is 2. The summed E-state index contributed by atoms with van der Waals surface area (Å²) in [6, 6.07) is 9.33. The summed E-state index contributed by atoms with van der Waals surface area (Å²) >= 11 is 0. The molecule has 0 spiro atoms. The number of piperidine rings is 1. The van der Waals surface area contributed by atoms with E-state index in [0.29, 0.717) is 41.7 Å². The van der Waals surface area contributed by atoms with E-state index in [0.717, 1.165) is 25.0 Å². The van der Waals surface area contributed by atoms with E-state index in [2.05, 4.69) is 15.5 Å². The molecule has 2 amide bonds. The number of urea groups is 1. The Hall–Kier alpha value is -3.76. The van der Waals surface area contributed by atoms with Crippen molar-refractivity contribution in [1.29, 1.82) is 0 Å². The number of anilines is 1. The van der Waals surface area contributed by atoms with Crippen molar-refractivity contribution in [1.82, 2.24) is 15.1 Å². The summed E-state index contributed by atoms with van der Waals surface area (Å²) in [6.45, 7) is 0.922. The van der Waals surface area contributed by atoms with Gasteiger partial charge in [-0.05, 0) is 37.1 Å². The van der Waals surface area contributed by atoms with E-state index < -0.39 is 11.7 Å². The van der Waals surface area contributed by atoms with Crippen LogP contribution >= 0.6 is 0 Å². The SMILES string of the molecule is COc1cc(NC(=O)N2CCCC(c3nnc(-c4ccc(C(F)(F)F)cc4)o3)C2)cc(OC)c1. The van der Waals surface area contributed by atoms with Gasteiger partial charge in [0.15, 0.2) is 0 Å². The highest BCUT2D eigenvalue weighted by atomic mass is 19.4. The van der Waals surface area contributed by atoms with Crippen LogP contribution in [0.5, 0.6) is 11.5 Å². The highest BCUT2D eigenvalue weighted by molar-refractivity contribution is 5.90. The first-order valence-electron chi connectivity index (χ1n) is 10.6. The Morgan fingerprint density at radius 2 is 1.76 bits per heavy atom. The largest absolute Gasteiger partial charge is 0.497 e. The lowest BCUT2D eigenvalue weighted by atomic mass is 9.98. The first-order chi connectivity index (χ1) is 16.3. The van der Waals surface area contributed by atoms with Crippen molar-refractivity contribution in [2.24, 2.45) is 0 Å². The maximum atomic E-state index is 12.9. The van der Waals surface area contributed by atoms with Gasteiger partial charge in [-0.15, -0.1) is 10.2 Å². The molecule has 0 bridgehead atoms. The highest BCUT2D eigenvalue weighted by Crippen LogP contribution is 2.32. The van der Waals surface area contributed by atoms with Gasteiger partial charge in [-0.3, -0.25) is 0 Å². The molecule has 1 aromatic heterocycles. The normalized spacial score (nSPS) is 16.3. The second-order valence-electron chi connectivity index (χ2n) is 7.84. The minimum atomic E-state index is -4.42. The van der Waals surface area contributed by atoms with Gasteiger partial charge in [0.2, 0.25) is 11.8 Å². The van der Waals surface area contributed by atoms with Gasteiger partial charge >= 0.3 is 12.2 Å². The standard InChI is InChI=1S/C23H23F3N4O4/c1-32-18-10-17(11-19(12-18)33-2)27-22(31)30-9-3-4-15(13-30)21-29-28-20(34-21)14-5-7-16(8-6-14)23(24,25)26/h5-8,10-12,15H,3-4,9,13H2,1-2H3,(H,27,31). The number of methoxy groups -OCH3 is 2. The Balaban J connectivity index is 1.43. The smallest absolute Gasteiger partial charge is 0.416 e. The molecule has 1 unspecified atom stereocenters. The number of hydrogen-bond acceptors (Lipinski definition) is 6. The summed E-state index contributed by atoms with van der Waals surface area (Å²) in [5.41, 5.74) is 0.174. The fourth-order valence-electron chi connectivity index (χ4n) is 3.76. The van der Waals surface area contributed by atoms with E-state index in [1.165, 1.54) is 26.4 Å². The Labute approximate surface area is 193 Å². The summed E-state index contributed by atoms with van der Waals surface area (Å²) < 4.78 is 54.6. The summed E-state index contributed by atoms with van der Waals surface area (Å²) in [4.78, 5) is 14.5. The van der Waals surface area contributed by atoms with Crippen LogP contribution in [0.4, 0.5) is 23.7 Å². The van der Waals surface area contributed by atoms with Crippen LogP contribution in [0.1, 0.15) is 30.2 Å². The molecule has 0 radical (unpaired) electrons. The average molecular weight is 476 g/mol. The van der Waals surface area contributed by atoms with E-state index in [1.54, 1.807) is 23.1 Å². The molecule has 3 aromatic rings. The van der Waals surface area contributed by atoms with Crippen molar-refractivity contribution >= 4 is 11.7 Å². The molecule has 2 aromatic carbocycles. The number of rotatable bonds is 5. The maximum Gasteiger partial charge on any atom is 0.416 e. The fourth-order valence-corrected chi connectivity index (χ4v) is 3.76. The third-order valence-electron chi connectivity index (χ3n) is 5.56. The third kappa shape index (κ3) is 5.24. The van der Waals surface area contributed by atoms with Crippen LogP contribution in [-0.4, -0.2) is 48.4 Å². The zero-order valence-electron chi connectivity index (χ0n) is 18.6. The van der Waals surface area contributed by atoms with Crippen LogP contribution in [0.15, 0.2) is 46.9 Å². The second-order valence-corrected chi connectivity index (χ2v) is 7.84. The number of hydrogen-bond donors (Lipinski definition) is 1. The highest BCUT2D eigenvalue weighted by Gasteiger charge is 2.31. The molecule has 34 heavy (non-hydrogen) atoms. The van der Waals surface area contributed by atoms with E-state index >= 15 is 0 Å². The van der Waals surface area contributed by atoms with Crippen molar-refractivity contribution in [3.63, 3.8) is 0 Å².